The predicted octanol–water partition coefficient (Wildman–Crippen LogP) is 5.04. The van der Waals surface area contributed by atoms with E-state index in [2.05, 4.69) is 44.2 Å². The zero-order valence-corrected chi connectivity index (χ0v) is 14.9. The summed E-state index contributed by atoms with van der Waals surface area (Å²) in [6, 6.07) is 21.7. The number of hydrogen-bond acceptors (Lipinski definition) is 2. The van der Waals surface area contributed by atoms with Crippen LogP contribution in [0.25, 0.3) is 22.3 Å². The molecule has 0 bridgehead atoms. The van der Waals surface area contributed by atoms with Crippen molar-refractivity contribution in [2.45, 2.75) is 18.7 Å². The van der Waals surface area contributed by atoms with Crippen LogP contribution in [0.5, 0.6) is 0 Å². The summed E-state index contributed by atoms with van der Waals surface area (Å²) in [6.45, 7) is 4.21. The molecule has 0 fully saturated rings. The number of sulfone groups is 1. The molecule has 0 aliphatic heterocycles. The van der Waals surface area contributed by atoms with E-state index in [9.17, 15) is 8.42 Å². The number of aryl methyl sites for hydroxylation is 2. The molecule has 0 saturated carbocycles. The van der Waals surface area contributed by atoms with Crippen LogP contribution in [-0.2, 0) is 9.84 Å². The van der Waals surface area contributed by atoms with Crippen LogP contribution in [0.1, 0.15) is 11.1 Å². The molecule has 0 heterocycles. The van der Waals surface area contributed by atoms with E-state index in [4.69, 9.17) is 0 Å². The van der Waals surface area contributed by atoms with Gasteiger partial charge in [-0.3, -0.25) is 0 Å². The minimum absolute atomic E-state index is 0.344. The molecule has 0 atom stereocenters. The molecule has 2 nitrogen and oxygen atoms in total. The Morgan fingerprint density at radius 1 is 0.625 bits per heavy atom. The van der Waals surface area contributed by atoms with Crippen molar-refractivity contribution >= 4 is 9.84 Å². The zero-order valence-electron chi connectivity index (χ0n) is 14.1. The highest BCUT2D eigenvalue weighted by Crippen LogP contribution is 2.28. The first-order valence-corrected chi connectivity index (χ1v) is 9.72. The molecular formula is C21H20O2S. The van der Waals surface area contributed by atoms with Gasteiger partial charge in [0.25, 0.3) is 0 Å². The van der Waals surface area contributed by atoms with Gasteiger partial charge in [-0.2, -0.15) is 0 Å². The monoisotopic (exact) mass is 336 g/mol. The summed E-state index contributed by atoms with van der Waals surface area (Å²) in [4.78, 5) is 0.344. The summed E-state index contributed by atoms with van der Waals surface area (Å²) < 4.78 is 23.5. The van der Waals surface area contributed by atoms with Crippen molar-refractivity contribution in [1.82, 2.24) is 0 Å². The summed E-state index contributed by atoms with van der Waals surface area (Å²) in [6.07, 6.45) is 1.23. The van der Waals surface area contributed by atoms with Crippen LogP contribution in [0.3, 0.4) is 0 Å². The van der Waals surface area contributed by atoms with Crippen LogP contribution in [0.2, 0.25) is 0 Å². The largest absolute Gasteiger partial charge is 0.224 e. The van der Waals surface area contributed by atoms with Crippen LogP contribution in [0, 0.1) is 13.8 Å². The fourth-order valence-corrected chi connectivity index (χ4v) is 3.37. The molecular weight excluding hydrogens is 316 g/mol. The Kier molecular flexibility index (Phi) is 4.29. The van der Waals surface area contributed by atoms with Gasteiger partial charge in [-0.15, -0.1) is 0 Å². The molecule has 0 spiro atoms. The maximum absolute atomic E-state index is 11.8. The van der Waals surface area contributed by atoms with Gasteiger partial charge in [0.1, 0.15) is 0 Å². The van der Waals surface area contributed by atoms with Crippen LogP contribution >= 0.6 is 0 Å². The molecule has 0 N–H and O–H groups in total. The zero-order chi connectivity index (χ0) is 17.3. The quantitative estimate of drug-likeness (QED) is 0.671. The molecule has 0 radical (unpaired) electrons. The highest BCUT2D eigenvalue weighted by atomic mass is 32.2. The van der Waals surface area contributed by atoms with E-state index in [1.807, 2.05) is 18.2 Å². The van der Waals surface area contributed by atoms with Crippen LogP contribution < -0.4 is 0 Å². The molecule has 0 saturated heterocycles. The third kappa shape index (κ3) is 3.41. The fraction of sp³-hybridized carbons (Fsp3) is 0.143. The van der Waals surface area contributed by atoms with E-state index in [0.717, 1.165) is 16.7 Å². The molecule has 122 valence electrons. The van der Waals surface area contributed by atoms with Gasteiger partial charge >= 0.3 is 0 Å². The van der Waals surface area contributed by atoms with Gasteiger partial charge in [0.15, 0.2) is 9.84 Å². The lowest BCUT2D eigenvalue weighted by molar-refractivity contribution is 0.602. The summed E-state index contributed by atoms with van der Waals surface area (Å²) in [7, 11) is -3.21. The van der Waals surface area contributed by atoms with Crippen LogP contribution in [0.15, 0.2) is 71.6 Å². The Bertz CT molecular complexity index is 1000. The molecule has 0 unspecified atom stereocenters. The maximum Gasteiger partial charge on any atom is 0.175 e. The first-order valence-electron chi connectivity index (χ1n) is 7.83. The van der Waals surface area contributed by atoms with Gasteiger partial charge < -0.3 is 0 Å². The van der Waals surface area contributed by atoms with Gasteiger partial charge in [-0.25, -0.2) is 8.42 Å². The van der Waals surface area contributed by atoms with E-state index in [1.54, 1.807) is 18.2 Å². The molecule has 24 heavy (non-hydrogen) atoms. The first-order chi connectivity index (χ1) is 11.3. The van der Waals surface area contributed by atoms with Crippen molar-refractivity contribution in [3.05, 3.63) is 77.9 Å². The second-order valence-electron chi connectivity index (χ2n) is 6.18. The molecule has 3 aromatic rings. The van der Waals surface area contributed by atoms with Crippen LogP contribution in [-0.4, -0.2) is 14.7 Å². The van der Waals surface area contributed by atoms with Crippen molar-refractivity contribution in [2.24, 2.45) is 0 Å². The van der Waals surface area contributed by atoms with Crippen molar-refractivity contribution in [3.63, 3.8) is 0 Å². The lowest BCUT2D eigenvalue weighted by Crippen LogP contribution is -1.96. The Morgan fingerprint density at radius 2 is 1.17 bits per heavy atom. The summed E-state index contributed by atoms with van der Waals surface area (Å²) in [5, 5.41) is 0. The highest BCUT2D eigenvalue weighted by Gasteiger charge is 2.09. The number of hydrogen-bond donors (Lipinski definition) is 0. The fourth-order valence-electron chi connectivity index (χ4n) is 2.71. The lowest BCUT2D eigenvalue weighted by atomic mass is 9.97. The van der Waals surface area contributed by atoms with E-state index in [1.165, 1.54) is 22.9 Å². The predicted molar refractivity (Wildman–Crippen MR) is 99.9 cm³/mol. The normalized spacial score (nSPS) is 11.5. The average molecular weight is 336 g/mol. The van der Waals surface area contributed by atoms with Crippen LogP contribution in [0.4, 0.5) is 0 Å². The van der Waals surface area contributed by atoms with E-state index in [-0.39, 0.29) is 0 Å². The van der Waals surface area contributed by atoms with Gasteiger partial charge in [-0.1, -0.05) is 48.5 Å². The first kappa shape index (κ1) is 16.5. The molecule has 0 amide bonds. The maximum atomic E-state index is 11.8. The second kappa shape index (κ2) is 6.25. The van der Waals surface area contributed by atoms with Gasteiger partial charge in [-0.05, 0) is 65.4 Å². The molecule has 0 aliphatic carbocycles. The smallest absolute Gasteiger partial charge is 0.175 e. The Morgan fingerprint density at radius 3 is 1.75 bits per heavy atom. The Balaban J connectivity index is 2.07. The lowest BCUT2D eigenvalue weighted by Gasteiger charge is -2.09. The van der Waals surface area contributed by atoms with Crippen molar-refractivity contribution < 1.29 is 8.42 Å². The third-order valence-corrected chi connectivity index (χ3v) is 5.41. The van der Waals surface area contributed by atoms with Crippen molar-refractivity contribution in [2.75, 3.05) is 6.26 Å². The Hall–Kier alpha value is -2.39. The minimum atomic E-state index is -3.21. The number of benzene rings is 3. The standard InChI is InChI=1S/C21H20O2S/c1-15-10-11-20(12-16(15)2)18-7-4-6-17(13-18)19-8-5-9-21(14-19)24(3,22)23/h4-14H,1-3H3. The molecule has 3 aromatic carbocycles. The van der Waals surface area contributed by atoms with Gasteiger partial charge in [0, 0.05) is 6.26 Å². The van der Waals surface area contributed by atoms with E-state index >= 15 is 0 Å². The van der Waals surface area contributed by atoms with Gasteiger partial charge in [0.2, 0.25) is 0 Å². The molecule has 3 rings (SSSR count). The third-order valence-electron chi connectivity index (χ3n) is 4.30. The average Bonchev–Trinajstić information content (AvgIpc) is 2.57. The van der Waals surface area contributed by atoms with Crippen molar-refractivity contribution in [1.29, 1.82) is 0 Å². The molecule has 0 aliphatic rings. The summed E-state index contributed by atoms with van der Waals surface area (Å²) >= 11 is 0. The summed E-state index contributed by atoms with van der Waals surface area (Å²) in [5.74, 6) is 0. The highest BCUT2D eigenvalue weighted by molar-refractivity contribution is 7.90. The summed E-state index contributed by atoms with van der Waals surface area (Å²) in [5.41, 5.74) is 6.74. The topological polar surface area (TPSA) is 34.1 Å². The van der Waals surface area contributed by atoms with Gasteiger partial charge in [0.05, 0.1) is 4.90 Å². The van der Waals surface area contributed by atoms with Crippen molar-refractivity contribution in [3.8, 4) is 22.3 Å². The SMILES string of the molecule is Cc1ccc(-c2cccc(-c3cccc(S(C)(=O)=O)c3)c2)cc1C. The molecule has 3 heteroatoms. The molecule has 0 aromatic heterocycles. The van der Waals surface area contributed by atoms with E-state index in [0.29, 0.717) is 4.90 Å². The number of rotatable bonds is 3. The van der Waals surface area contributed by atoms with E-state index < -0.39 is 9.84 Å². The Labute approximate surface area is 143 Å². The second-order valence-corrected chi connectivity index (χ2v) is 8.20. The minimum Gasteiger partial charge on any atom is -0.224 e.